The molecule has 3 aromatic rings. The predicted octanol–water partition coefficient (Wildman–Crippen LogP) is 4.40. The van der Waals surface area contributed by atoms with E-state index in [0.29, 0.717) is 24.5 Å². The third-order valence-electron chi connectivity index (χ3n) is 4.60. The minimum absolute atomic E-state index is 0.111. The van der Waals surface area contributed by atoms with Gasteiger partial charge in [0.25, 0.3) is 5.91 Å². The minimum Gasteiger partial charge on any atom is -0.489 e. The van der Waals surface area contributed by atoms with Gasteiger partial charge in [-0.2, -0.15) is 0 Å². The van der Waals surface area contributed by atoms with E-state index in [1.54, 1.807) is 12.1 Å². The molecule has 1 atom stereocenters. The first-order valence-corrected chi connectivity index (χ1v) is 9.02. The third-order valence-corrected chi connectivity index (χ3v) is 4.60. The molecule has 0 saturated heterocycles. The first-order chi connectivity index (χ1) is 13.0. The van der Waals surface area contributed by atoms with Gasteiger partial charge in [0.1, 0.15) is 18.1 Å². The second-order valence-corrected chi connectivity index (χ2v) is 6.64. The van der Waals surface area contributed by atoms with Crippen molar-refractivity contribution in [2.75, 3.05) is 6.54 Å². The molecule has 0 spiro atoms. The lowest BCUT2D eigenvalue weighted by molar-refractivity contribution is 0.0951. The summed E-state index contributed by atoms with van der Waals surface area (Å²) in [6.45, 7) is 6.77. The highest BCUT2D eigenvalue weighted by Gasteiger charge is 2.12. The molecule has 5 nitrogen and oxygen atoms in total. The maximum absolute atomic E-state index is 12.5. The largest absolute Gasteiger partial charge is 0.489 e. The summed E-state index contributed by atoms with van der Waals surface area (Å²) in [5, 5.41) is 6.91. The molecule has 1 heterocycles. The van der Waals surface area contributed by atoms with Crippen LogP contribution in [0.15, 0.2) is 59.1 Å². The van der Waals surface area contributed by atoms with Gasteiger partial charge in [-0.05, 0) is 43.5 Å². The minimum atomic E-state index is -0.111. The fourth-order valence-corrected chi connectivity index (χ4v) is 2.84. The van der Waals surface area contributed by atoms with Crippen molar-refractivity contribution in [3.63, 3.8) is 0 Å². The van der Waals surface area contributed by atoms with Crippen LogP contribution < -0.4 is 10.1 Å². The summed E-state index contributed by atoms with van der Waals surface area (Å²) in [7, 11) is 0. The number of hydrogen-bond acceptors (Lipinski definition) is 4. The number of nitrogens with zero attached hydrogens (tertiary/aromatic N) is 1. The van der Waals surface area contributed by atoms with Gasteiger partial charge < -0.3 is 14.6 Å². The van der Waals surface area contributed by atoms with E-state index in [0.717, 1.165) is 17.0 Å². The van der Waals surface area contributed by atoms with Crippen LogP contribution in [-0.2, 0) is 6.61 Å². The normalized spacial score (nSPS) is 11.8. The molecule has 0 saturated carbocycles. The Hall–Kier alpha value is -3.08. The van der Waals surface area contributed by atoms with E-state index in [4.69, 9.17) is 9.26 Å². The molecular formula is C22H24N2O3. The summed E-state index contributed by atoms with van der Waals surface area (Å²) in [5.41, 5.74) is 3.53. The predicted molar refractivity (Wildman–Crippen MR) is 104 cm³/mol. The second-order valence-electron chi connectivity index (χ2n) is 6.64. The molecule has 0 radical (unpaired) electrons. The van der Waals surface area contributed by atoms with Gasteiger partial charge in [0, 0.05) is 12.1 Å². The number of amides is 1. The number of aryl methyl sites for hydroxylation is 2. The summed E-state index contributed by atoms with van der Waals surface area (Å²) >= 11 is 0. The molecule has 0 aliphatic rings. The highest BCUT2D eigenvalue weighted by molar-refractivity contribution is 5.94. The van der Waals surface area contributed by atoms with Gasteiger partial charge in [-0.25, -0.2) is 0 Å². The standard InChI is InChI=1S/C22H24N2O3/c1-15(18-8-5-4-6-9-18)13-23-22(25)19-10-7-11-20(12-19)26-14-21-16(2)24-27-17(21)3/h4-12,15H,13-14H2,1-3H3,(H,23,25). The van der Waals surface area contributed by atoms with Crippen LogP contribution in [0.25, 0.3) is 0 Å². The molecule has 1 aromatic heterocycles. The molecule has 0 aliphatic heterocycles. The van der Waals surface area contributed by atoms with Crippen LogP contribution in [0, 0.1) is 13.8 Å². The zero-order chi connectivity index (χ0) is 19.2. The van der Waals surface area contributed by atoms with Crippen molar-refractivity contribution < 1.29 is 14.1 Å². The monoisotopic (exact) mass is 364 g/mol. The van der Waals surface area contributed by atoms with Crippen molar-refractivity contribution in [3.8, 4) is 5.75 Å². The molecule has 0 aliphatic carbocycles. The van der Waals surface area contributed by atoms with Crippen molar-refractivity contribution >= 4 is 5.91 Å². The number of carbonyl (C=O) groups is 1. The van der Waals surface area contributed by atoms with E-state index < -0.39 is 0 Å². The number of nitrogens with one attached hydrogen (secondary N) is 1. The average molecular weight is 364 g/mol. The molecule has 140 valence electrons. The zero-order valence-electron chi connectivity index (χ0n) is 15.9. The number of aromatic nitrogens is 1. The van der Waals surface area contributed by atoms with E-state index in [-0.39, 0.29) is 11.8 Å². The Labute approximate surface area is 159 Å². The topological polar surface area (TPSA) is 64.4 Å². The Bertz CT molecular complexity index is 883. The lowest BCUT2D eigenvalue weighted by Gasteiger charge is -2.13. The smallest absolute Gasteiger partial charge is 0.251 e. The van der Waals surface area contributed by atoms with Crippen molar-refractivity contribution in [2.24, 2.45) is 0 Å². The SMILES string of the molecule is Cc1noc(C)c1COc1cccc(C(=O)NCC(C)c2ccccc2)c1. The number of rotatable bonds is 7. The first-order valence-electron chi connectivity index (χ1n) is 9.02. The number of hydrogen-bond donors (Lipinski definition) is 1. The van der Waals surface area contributed by atoms with Crippen LogP contribution in [0.2, 0.25) is 0 Å². The van der Waals surface area contributed by atoms with Gasteiger partial charge in [-0.15, -0.1) is 0 Å². The van der Waals surface area contributed by atoms with Gasteiger partial charge in [0.15, 0.2) is 0 Å². The summed E-state index contributed by atoms with van der Waals surface area (Å²) < 4.78 is 11.0. The van der Waals surface area contributed by atoms with Crippen LogP contribution in [0.5, 0.6) is 5.75 Å². The molecule has 5 heteroatoms. The summed E-state index contributed by atoms with van der Waals surface area (Å²) in [6.07, 6.45) is 0. The zero-order valence-corrected chi connectivity index (χ0v) is 15.9. The van der Waals surface area contributed by atoms with E-state index in [2.05, 4.69) is 29.5 Å². The lowest BCUT2D eigenvalue weighted by atomic mass is 10.0. The van der Waals surface area contributed by atoms with Crippen LogP contribution in [0.3, 0.4) is 0 Å². The average Bonchev–Trinajstić information content (AvgIpc) is 3.02. The maximum Gasteiger partial charge on any atom is 0.251 e. The van der Waals surface area contributed by atoms with Gasteiger partial charge >= 0.3 is 0 Å². The number of ether oxygens (including phenoxy) is 1. The molecule has 3 rings (SSSR count). The third kappa shape index (κ3) is 4.76. The quantitative estimate of drug-likeness (QED) is 0.675. The summed E-state index contributed by atoms with van der Waals surface area (Å²) in [4.78, 5) is 12.5. The van der Waals surface area contributed by atoms with Crippen molar-refractivity contribution in [2.45, 2.75) is 33.3 Å². The fraction of sp³-hybridized carbons (Fsp3) is 0.273. The van der Waals surface area contributed by atoms with E-state index >= 15 is 0 Å². The fourth-order valence-electron chi connectivity index (χ4n) is 2.84. The van der Waals surface area contributed by atoms with Crippen LogP contribution in [0.1, 0.15) is 45.8 Å². The van der Waals surface area contributed by atoms with Crippen LogP contribution in [-0.4, -0.2) is 17.6 Å². The Balaban J connectivity index is 1.58. The molecule has 1 amide bonds. The Kier molecular flexibility index (Phi) is 5.91. The van der Waals surface area contributed by atoms with Gasteiger partial charge in [0.05, 0.1) is 11.3 Å². The van der Waals surface area contributed by atoms with Crippen molar-refractivity contribution in [1.82, 2.24) is 10.5 Å². The summed E-state index contributed by atoms with van der Waals surface area (Å²) in [5.74, 6) is 1.52. The molecule has 1 unspecified atom stereocenters. The van der Waals surface area contributed by atoms with Crippen molar-refractivity contribution in [1.29, 1.82) is 0 Å². The number of carbonyl (C=O) groups excluding carboxylic acids is 1. The highest BCUT2D eigenvalue weighted by Crippen LogP contribution is 2.19. The van der Waals surface area contributed by atoms with Gasteiger partial charge in [-0.3, -0.25) is 4.79 Å². The maximum atomic E-state index is 12.5. The molecular weight excluding hydrogens is 340 g/mol. The molecule has 1 N–H and O–H groups in total. The number of benzene rings is 2. The van der Waals surface area contributed by atoms with Crippen molar-refractivity contribution in [3.05, 3.63) is 82.7 Å². The molecule has 2 aromatic carbocycles. The first kappa shape index (κ1) is 18.7. The van der Waals surface area contributed by atoms with E-state index in [9.17, 15) is 4.79 Å². The molecule has 0 bridgehead atoms. The van der Waals surface area contributed by atoms with Crippen LogP contribution in [0.4, 0.5) is 0 Å². The van der Waals surface area contributed by atoms with E-state index in [1.807, 2.05) is 44.2 Å². The van der Waals surface area contributed by atoms with Gasteiger partial charge in [-0.1, -0.05) is 48.5 Å². The van der Waals surface area contributed by atoms with Crippen LogP contribution >= 0.6 is 0 Å². The highest BCUT2D eigenvalue weighted by atomic mass is 16.5. The Morgan fingerprint density at radius 2 is 1.93 bits per heavy atom. The molecule has 27 heavy (non-hydrogen) atoms. The van der Waals surface area contributed by atoms with E-state index in [1.165, 1.54) is 5.56 Å². The van der Waals surface area contributed by atoms with Gasteiger partial charge in [0.2, 0.25) is 0 Å². The lowest BCUT2D eigenvalue weighted by Crippen LogP contribution is -2.27. The second kappa shape index (κ2) is 8.54. The Morgan fingerprint density at radius 1 is 1.15 bits per heavy atom. The summed E-state index contributed by atoms with van der Waals surface area (Å²) in [6, 6.07) is 17.3. The Morgan fingerprint density at radius 3 is 2.63 bits per heavy atom. The molecule has 0 fully saturated rings.